The van der Waals surface area contributed by atoms with E-state index in [9.17, 15) is 9.50 Å². The second-order valence-electron chi connectivity index (χ2n) is 3.92. The van der Waals surface area contributed by atoms with Gasteiger partial charge in [-0.2, -0.15) is 0 Å². The van der Waals surface area contributed by atoms with Crippen LogP contribution >= 0.6 is 15.9 Å². The van der Waals surface area contributed by atoms with Crippen LogP contribution < -0.4 is 0 Å². The van der Waals surface area contributed by atoms with Crippen LogP contribution in [0.25, 0.3) is 0 Å². The van der Waals surface area contributed by atoms with Crippen LogP contribution in [0.5, 0.6) is 0 Å². The number of rotatable bonds is 2. The molecule has 0 aliphatic heterocycles. The smallest absolute Gasteiger partial charge is 0.128 e. The van der Waals surface area contributed by atoms with Crippen molar-refractivity contribution < 1.29 is 9.50 Å². The maximum absolute atomic E-state index is 13.6. The normalized spacial score (nSPS) is 19.1. The molecule has 0 bridgehead atoms. The van der Waals surface area contributed by atoms with Gasteiger partial charge in [-0.15, -0.1) is 0 Å². The monoisotopic (exact) mass is 258 g/mol. The number of aliphatic hydroxyl groups is 1. The van der Waals surface area contributed by atoms with Crippen molar-refractivity contribution in [2.24, 2.45) is 0 Å². The third-order valence-corrected chi connectivity index (χ3v) is 3.61. The molecule has 0 unspecified atom stereocenters. The summed E-state index contributed by atoms with van der Waals surface area (Å²) in [7, 11) is 0. The van der Waals surface area contributed by atoms with E-state index in [1.807, 2.05) is 6.07 Å². The van der Waals surface area contributed by atoms with Crippen LogP contribution in [-0.2, 0) is 5.41 Å². The maximum Gasteiger partial charge on any atom is 0.128 e. The van der Waals surface area contributed by atoms with Gasteiger partial charge in [0.2, 0.25) is 0 Å². The lowest BCUT2D eigenvalue weighted by molar-refractivity contribution is 0.116. The molecule has 0 aromatic heterocycles. The molecule has 0 radical (unpaired) electrons. The predicted octanol–water partition coefficient (Wildman–Crippen LogP) is 3.00. The SMILES string of the molecule is OCC1(c2ccc(Br)cc2F)CCC1. The molecule has 1 N–H and O–H groups in total. The summed E-state index contributed by atoms with van der Waals surface area (Å²) in [6.45, 7) is 0.0472. The molecule has 0 atom stereocenters. The Balaban J connectivity index is 2.40. The van der Waals surface area contributed by atoms with Gasteiger partial charge in [0.05, 0.1) is 6.61 Å². The molecule has 0 spiro atoms. The van der Waals surface area contributed by atoms with E-state index in [0.717, 1.165) is 23.7 Å². The van der Waals surface area contributed by atoms with Crippen molar-refractivity contribution in [2.45, 2.75) is 24.7 Å². The Labute approximate surface area is 91.1 Å². The highest BCUT2D eigenvalue weighted by Crippen LogP contribution is 2.44. The summed E-state index contributed by atoms with van der Waals surface area (Å²) in [6, 6.07) is 5.06. The summed E-state index contributed by atoms with van der Waals surface area (Å²) >= 11 is 3.22. The van der Waals surface area contributed by atoms with E-state index in [-0.39, 0.29) is 17.8 Å². The van der Waals surface area contributed by atoms with Crippen LogP contribution in [0.1, 0.15) is 24.8 Å². The summed E-state index contributed by atoms with van der Waals surface area (Å²) in [5, 5.41) is 9.31. The summed E-state index contributed by atoms with van der Waals surface area (Å²) in [4.78, 5) is 0. The van der Waals surface area contributed by atoms with Crippen molar-refractivity contribution in [1.82, 2.24) is 0 Å². The summed E-state index contributed by atoms with van der Waals surface area (Å²) in [5.41, 5.74) is 0.361. The first kappa shape index (κ1) is 10.1. The quantitative estimate of drug-likeness (QED) is 0.865. The van der Waals surface area contributed by atoms with E-state index in [1.54, 1.807) is 6.07 Å². The van der Waals surface area contributed by atoms with Crippen LogP contribution in [0.2, 0.25) is 0 Å². The first-order chi connectivity index (χ1) is 6.68. The fraction of sp³-hybridized carbons (Fsp3) is 0.455. The molecular weight excluding hydrogens is 247 g/mol. The average Bonchev–Trinajstić information content (AvgIpc) is 2.07. The largest absolute Gasteiger partial charge is 0.395 e. The maximum atomic E-state index is 13.6. The molecule has 1 aromatic rings. The lowest BCUT2D eigenvalue weighted by atomic mass is 9.65. The Morgan fingerprint density at radius 2 is 2.14 bits per heavy atom. The molecule has 76 valence electrons. The second-order valence-corrected chi connectivity index (χ2v) is 4.83. The van der Waals surface area contributed by atoms with Crippen molar-refractivity contribution in [3.05, 3.63) is 34.1 Å². The molecule has 1 saturated carbocycles. The zero-order valence-electron chi connectivity index (χ0n) is 7.76. The molecular formula is C11H12BrFO. The summed E-state index contributed by atoms with van der Waals surface area (Å²) in [6.07, 6.45) is 2.86. The van der Waals surface area contributed by atoms with Gasteiger partial charge in [-0.05, 0) is 30.5 Å². The number of aliphatic hydroxyl groups excluding tert-OH is 1. The molecule has 0 amide bonds. The third kappa shape index (κ3) is 1.48. The molecule has 0 heterocycles. The highest BCUT2D eigenvalue weighted by Gasteiger charge is 2.39. The average molecular weight is 259 g/mol. The first-order valence-corrected chi connectivity index (χ1v) is 5.54. The van der Waals surface area contributed by atoms with Gasteiger partial charge in [0.1, 0.15) is 5.82 Å². The Kier molecular flexibility index (Phi) is 2.62. The standard InChI is InChI=1S/C11H12BrFO/c12-8-2-3-9(10(13)6-8)11(7-14)4-1-5-11/h2-3,6,14H,1,4-5,7H2. The molecule has 1 fully saturated rings. The minimum Gasteiger partial charge on any atom is -0.395 e. The van der Waals surface area contributed by atoms with Gasteiger partial charge in [-0.25, -0.2) is 4.39 Å². The van der Waals surface area contributed by atoms with Crippen LogP contribution in [-0.4, -0.2) is 11.7 Å². The van der Waals surface area contributed by atoms with E-state index in [0.29, 0.717) is 5.56 Å². The lowest BCUT2D eigenvalue weighted by Crippen LogP contribution is -2.38. The minimum atomic E-state index is -0.301. The van der Waals surface area contributed by atoms with Crippen molar-refractivity contribution >= 4 is 15.9 Å². The van der Waals surface area contributed by atoms with Gasteiger partial charge < -0.3 is 5.11 Å². The predicted molar refractivity (Wildman–Crippen MR) is 56.7 cm³/mol. The molecule has 14 heavy (non-hydrogen) atoms. The molecule has 3 heteroatoms. The van der Waals surface area contributed by atoms with Crippen LogP contribution in [0, 0.1) is 5.82 Å². The van der Waals surface area contributed by atoms with Crippen LogP contribution in [0.4, 0.5) is 4.39 Å². The minimum absolute atomic E-state index is 0.0472. The van der Waals surface area contributed by atoms with Crippen molar-refractivity contribution in [1.29, 1.82) is 0 Å². The third-order valence-electron chi connectivity index (χ3n) is 3.12. The number of benzene rings is 1. The highest BCUT2D eigenvalue weighted by molar-refractivity contribution is 9.10. The van der Waals surface area contributed by atoms with E-state index < -0.39 is 0 Å². The number of hydrogen-bond donors (Lipinski definition) is 1. The van der Waals surface area contributed by atoms with Gasteiger partial charge in [-0.1, -0.05) is 28.4 Å². The van der Waals surface area contributed by atoms with Crippen molar-refractivity contribution in [2.75, 3.05) is 6.61 Å². The van der Waals surface area contributed by atoms with Gasteiger partial charge in [-0.3, -0.25) is 0 Å². The Morgan fingerprint density at radius 3 is 2.57 bits per heavy atom. The van der Waals surface area contributed by atoms with Crippen LogP contribution in [0.15, 0.2) is 22.7 Å². The molecule has 2 rings (SSSR count). The Hall–Kier alpha value is -0.410. The Morgan fingerprint density at radius 1 is 1.43 bits per heavy atom. The van der Waals surface area contributed by atoms with Gasteiger partial charge >= 0.3 is 0 Å². The molecule has 1 aliphatic rings. The van der Waals surface area contributed by atoms with Gasteiger partial charge in [0.15, 0.2) is 0 Å². The molecule has 0 saturated heterocycles. The summed E-state index contributed by atoms with van der Waals surface area (Å²) in [5.74, 6) is -0.215. The molecule has 1 aromatic carbocycles. The fourth-order valence-electron chi connectivity index (χ4n) is 2.04. The first-order valence-electron chi connectivity index (χ1n) is 4.74. The summed E-state index contributed by atoms with van der Waals surface area (Å²) < 4.78 is 14.4. The number of halogens is 2. The van der Waals surface area contributed by atoms with E-state index >= 15 is 0 Å². The number of hydrogen-bond acceptors (Lipinski definition) is 1. The topological polar surface area (TPSA) is 20.2 Å². The Bertz CT molecular complexity index is 342. The molecule has 1 nitrogen and oxygen atoms in total. The zero-order chi connectivity index (χ0) is 10.2. The van der Waals surface area contributed by atoms with E-state index in [4.69, 9.17) is 0 Å². The zero-order valence-corrected chi connectivity index (χ0v) is 9.35. The van der Waals surface area contributed by atoms with E-state index in [2.05, 4.69) is 15.9 Å². The second kappa shape index (κ2) is 3.63. The lowest BCUT2D eigenvalue weighted by Gasteiger charge is -2.41. The van der Waals surface area contributed by atoms with E-state index in [1.165, 1.54) is 6.07 Å². The molecule has 1 aliphatic carbocycles. The fourth-order valence-corrected chi connectivity index (χ4v) is 2.37. The van der Waals surface area contributed by atoms with Gasteiger partial charge in [0.25, 0.3) is 0 Å². The van der Waals surface area contributed by atoms with Crippen molar-refractivity contribution in [3.63, 3.8) is 0 Å². The van der Waals surface area contributed by atoms with Crippen molar-refractivity contribution in [3.8, 4) is 0 Å². The van der Waals surface area contributed by atoms with Gasteiger partial charge in [0, 0.05) is 9.89 Å². The van der Waals surface area contributed by atoms with Crippen LogP contribution in [0.3, 0.4) is 0 Å². The highest BCUT2D eigenvalue weighted by atomic mass is 79.9.